The molecule has 1 saturated carbocycles. The second kappa shape index (κ2) is 7.80. The number of rotatable bonds is 4. The van der Waals surface area contributed by atoms with Gasteiger partial charge in [-0.25, -0.2) is 0 Å². The molecule has 5 N–H and O–H groups in total. The second-order valence-corrected chi connectivity index (χ2v) is 8.10. The molecule has 0 unspecified atom stereocenters. The van der Waals surface area contributed by atoms with E-state index in [2.05, 4.69) is 39.0 Å². The van der Waals surface area contributed by atoms with Crippen LogP contribution in [0.15, 0.2) is 60.7 Å². The Morgan fingerprint density at radius 3 is 2.80 bits per heavy atom. The number of carbonyl (C=O) groups excluding carboxylic acids is 1. The van der Waals surface area contributed by atoms with E-state index in [0.29, 0.717) is 0 Å². The smallest absolute Gasteiger partial charge is 0.227 e. The van der Waals surface area contributed by atoms with E-state index in [9.17, 15) is 4.79 Å². The first-order valence-electron chi connectivity index (χ1n) is 10.5. The van der Waals surface area contributed by atoms with Gasteiger partial charge in [-0.05, 0) is 48.9 Å². The average molecular weight is 399 g/mol. The normalized spacial score (nSPS) is 19.1. The highest BCUT2D eigenvalue weighted by Gasteiger charge is 2.25. The van der Waals surface area contributed by atoms with Gasteiger partial charge < -0.3 is 16.4 Å². The highest BCUT2D eigenvalue weighted by atomic mass is 16.1. The van der Waals surface area contributed by atoms with E-state index in [1.807, 2.05) is 42.5 Å². The van der Waals surface area contributed by atoms with Crippen molar-refractivity contribution in [3.8, 4) is 0 Å². The standard InChI is InChI=1S/C24H25N5O/c25-17-8-3-7-16(13-17)24(30)26-18-11-12-22-20(14-18)23(29-28-22)27-21-10-4-6-15-5-1-2-9-19(15)21/h1-2,4-6,9-12,14,16-17H,3,7-8,13,25H2,(H,26,30)(H2,27,28,29)/t16-,17-/m1/s1. The number of nitrogens with two attached hydrogens (primary N) is 1. The van der Waals surface area contributed by atoms with Gasteiger partial charge in [0.05, 0.1) is 5.52 Å². The van der Waals surface area contributed by atoms with Gasteiger partial charge in [0.15, 0.2) is 5.82 Å². The molecule has 0 spiro atoms. The lowest BCUT2D eigenvalue weighted by Gasteiger charge is -2.25. The third-order valence-corrected chi connectivity index (χ3v) is 5.96. The monoisotopic (exact) mass is 399 g/mol. The first-order valence-corrected chi connectivity index (χ1v) is 10.5. The molecule has 5 rings (SSSR count). The number of nitrogens with zero attached hydrogens (tertiary/aromatic N) is 1. The number of fused-ring (bicyclic) bond motifs is 2. The molecule has 1 aliphatic carbocycles. The molecule has 2 atom stereocenters. The number of benzene rings is 3. The summed E-state index contributed by atoms with van der Waals surface area (Å²) < 4.78 is 0. The van der Waals surface area contributed by atoms with Gasteiger partial charge in [0.2, 0.25) is 5.91 Å². The molecule has 3 aromatic carbocycles. The first kappa shape index (κ1) is 18.6. The zero-order valence-corrected chi connectivity index (χ0v) is 16.7. The molecule has 1 heterocycles. The summed E-state index contributed by atoms with van der Waals surface area (Å²) in [7, 11) is 0. The summed E-state index contributed by atoms with van der Waals surface area (Å²) in [5.74, 6) is 0.774. The van der Waals surface area contributed by atoms with Gasteiger partial charge in [-0.1, -0.05) is 42.8 Å². The highest BCUT2D eigenvalue weighted by Crippen LogP contribution is 2.31. The number of nitrogens with one attached hydrogen (secondary N) is 3. The van der Waals surface area contributed by atoms with Crippen LogP contribution >= 0.6 is 0 Å². The van der Waals surface area contributed by atoms with Crippen molar-refractivity contribution in [1.82, 2.24) is 10.2 Å². The van der Waals surface area contributed by atoms with Crippen molar-refractivity contribution in [3.63, 3.8) is 0 Å². The number of H-pyrrole nitrogens is 1. The molecule has 1 aliphatic rings. The third kappa shape index (κ3) is 3.62. The highest BCUT2D eigenvalue weighted by molar-refractivity contribution is 6.01. The summed E-state index contributed by atoms with van der Waals surface area (Å²) in [4.78, 5) is 12.7. The van der Waals surface area contributed by atoms with Crippen molar-refractivity contribution in [1.29, 1.82) is 0 Å². The molecule has 6 heteroatoms. The Bertz CT molecular complexity index is 1210. The van der Waals surface area contributed by atoms with Crippen molar-refractivity contribution < 1.29 is 4.79 Å². The zero-order chi connectivity index (χ0) is 20.5. The van der Waals surface area contributed by atoms with Crippen molar-refractivity contribution in [2.75, 3.05) is 10.6 Å². The molecule has 1 aromatic heterocycles. The maximum atomic E-state index is 12.7. The number of hydrogen-bond acceptors (Lipinski definition) is 4. The van der Waals surface area contributed by atoms with Crippen LogP contribution in [0.5, 0.6) is 0 Å². The van der Waals surface area contributed by atoms with Gasteiger partial charge in [0.1, 0.15) is 0 Å². The largest absolute Gasteiger partial charge is 0.338 e. The van der Waals surface area contributed by atoms with Crippen LogP contribution in [-0.4, -0.2) is 22.1 Å². The molecule has 6 nitrogen and oxygen atoms in total. The molecule has 152 valence electrons. The van der Waals surface area contributed by atoms with Gasteiger partial charge in [0.25, 0.3) is 0 Å². The van der Waals surface area contributed by atoms with Crippen LogP contribution in [0, 0.1) is 5.92 Å². The van der Waals surface area contributed by atoms with Crippen molar-refractivity contribution in [2.45, 2.75) is 31.7 Å². The van der Waals surface area contributed by atoms with Crippen molar-refractivity contribution in [2.24, 2.45) is 11.7 Å². The molecule has 0 radical (unpaired) electrons. The van der Waals surface area contributed by atoms with E-state index in [4.69, 9.17) is 5.73 Å². The Kier molecular flexibility index (Phi) is 4.85. The van der Waals surface area contributed by atoms with E-state index in [-0.39, 0.29) is 17.9 Å². The Hall–Kier alpha value is -3.38. The zero-order valence-electron chi connectivity index (χ0n) is 16.7. The molecule has 4 aromatic rings. The molecule has 0 bridgehead atoms. The lowest BCUT2D eigenvalue weighted by atomic mass is 9.85. The van der Waals surface area contributed by atoms with E-state index >= 15 is 0 Å². The molecule has 0 aliphatic heterocycles. The minimum absolute atomic E-state index is 0.0120. The third-order valence-electron chi connectivity index (χ3n) is 5.96. The fraction of sp³-hybridized carbons (Fsp3) is 0.250. The maximum Gasteiger partial charge on any atom is 0.227 e. The first-order chi connectivity index (χ1) is 14.7. The number of hydrogen-bond donors (Lipinski definition) is 4. The minimum atomic E-state index is -0.0120. The molecule has 0 saturated heterocycles. The van der Waals surface area contributed by atoms with Crippen LogP contribution < -0.4 is 16.4 Å². The Morgan fingerprint density at radius 2 is 1.90 bits per heavy atom. The fourth-order valence-electron chi connectivity index (χ4n) is 4.36. The van der Waals surface area contributed by atoms with Gasteiger partial charge in [-0.3, -0.25) is 9.89 Å². The van der Waals surface area contributed by atoms with Gasteiger partial charge >= 0.3 is 0 Å². The molecule has 1 fully saturated rings. The fourth-order valence-corrected chi connectivity index (χ4v) is 4.36. The molecule has 1 amide bonds. The van der Waals surface area contributed by atoms with Gasteiger partial charge in [-0.2, -0.15) is 5.10 Å². The number of anilines is 3. The van der Waals surface area contributed by atoms with Crippen LogP contribution in [0.25, 0.3) is 21.7 Å². The number of aromatic nitrogens is 2. The molecular formula is C24H25N5O. The Labute approximate surface area is 174 Å². The average Bonchev–Trinajstić information content (AvgIpc) is 3.16. The summed E-state index contributed by atoms with van der Waals surface area (Å²) in [6, 6.07) is 20.3. The van der Waals surface area contributed by atoms with Crippen LogP contribution in [0.2, 0.25) is 0 Å². The van der Waals surface area contributed by atoms with Crippen molar-refractivity contribution >= 4 is 44.8 Å². The quantitative estimate of drug-likeness (QED) is 0.392. The predicted octanol–water partition coefficient (Wildman–Crippen LogP) is 4.92. The topological polar surface area (TPSA) is 95.8 Å². The number of carbonyl (C=O) groups is 1. The molecule has 30 heavy (non-hydrogen) atoms. The second-order valence-electron chi connectivity index (χ2n) is 8.10. The van der Waals surface area contributed by atoms with Crippen LogP contribution in [-0.2, 0) is 4.79 Å². The Balaban J connectivity index is 1.41. The summed E-state index contributed by atoms with van der Waals surface area (Å²) in [5.41, 5.74) is 8.73. The summed E-state index contributed by atoms with van der Waals surface area (Å²) in [6.45, 7) is 0. The van der Waals surface area contributed by atoms with E-state index in [1.54, 1.807) is 0 Å². The predicted molar refractivity (Wildman–Crippen MR) is 122 cm³/mol. The molecular weight excluding hydrogens is 374 g/mol. The van der Waals surface area contributed by atoms with Crippen molar-refractivity contribution in [3.05, 3.63) is 60.7 Å². The lowest BCUT2D eigenvalue weighted by molar-refractivity contribution is -0.120. The SMILES string of the molecule is N[C@@H]1CCC[C@@H](C(=O)Nc2ccc3[nH]nc(Nc4cccc5ccccc45)c3c2)C1. The van der Waals surface area contributed by atoms with Crippen LogP contribution in [0.1, 0.15) is 25.7 Å². The summed E-state index contributed by atoms with van der Waals surface area (Å²) in [6.07, 6.45) is 3.68. The summed E-state index contributed by atoms with van der Waals surface area (Å²) in [5, 5.41) is 17.3. The minimum Gasteiger partial charge on any atom is -0.338 e. The van der Waals surface area contributed by atoms with E-state index in [1.165, 1.54) is 5.39 Å². The number of aromatic amines is 1. The van der Waals surface area contributed by atoms with Crippen LogP contribution in [0.4, 0.5) is 17.2 Å². The van der Waals surface area contributed by atoms with E-state index < -0.39 is 0 Å². The Morgan fingerprint density at radius 1 is 1.03 bits per heavy atom. The maximum absolute atomic E-state index is 12.7. The van der Waals surface area contributed by atoms with Gasteiger partial charge in [-0.15, -0.1) is 0 Å². The number of amides is 1. The van der Waals surface area contributed by atoms with Crippen LogP contribution in [0.3, 0.4) is 0 Å². The van der Waals surface area contributed by atoms with E-state index in [0.717, 1.165) is 59.2 Å². The summed E-state index contributed by atoms with van der Waals surface area (Å²) >= 11 is 0. The lowest BCUT2D eigenvalue weighted by Crippen LogP contribution is -2.34. The van der Waals surface area contributed by atoms with Gasteiger partial charge in [0, 0.05) is 34.1 Å².